The SMILES string of the molecule is COCO[C@@H](C=O)[C@@H](CO[Si](c1ccccc1)(c1ccccc1)C(C)(C)C)O[Si](C)(C)C(C)(C)C. The quantitative estimate of drug-likeness (QED) is 0.222. The Hall–Kier alpha value is -1.62. The lowest BCUT2D eigenvalue weighted by Crippen LogP contribution is -2.67. The second-order valence-corrected chi connectivity index (χ2v) is 20.6. The van der Waals surface area contributed by atoms with Crippen molar-refractivity contribution in [3.05, 3.63) is 60.7 Å². The Bertz CT molecular complexity index is 865. The van der Waals surface area contributed by atoms with Gasteiger partial charge in [-0.05, 0) is 33.5 Å². The zero-order valence-corrected chi connectivity index (χ0v) is 25.0. The zero-order valence-electron chi connectivity index (χ0n) is 23.0. The summed E-state index contributed by atoms with van der Waals surface area (Å²) in [6.45, 7) is 17.9. The van der Waals surface area contributed by atoms with Gasteiger partial charge in [0.05, 0.1) is 6.61 Å². The Morgan fingerprint density at radius 1 is 0.829 bits per heavy atom. The van der Waals surface area contributed by atoms with E-state index in [9.17, 15) is 4.79 Å². The van der Waals surface area contributed by atoms with Gasteiger partial charge in [0.2, 0.25) is 0 Å². The summed E-state index contributed by atoms with van der Waals surface area (Å²) in [5.74, 6) is 0. The number of carbonyl (C=O) groups excluding carboxylic acids is 1. The molecule has 0 heterocycles. The van der Waals surface area contributed by atoms with Crippen molar-refractivity contribution in [1.29, 1.82) is 0 Å². The summed E-state index contributed by atoms with van der Waals surface area (Å²) in [4.78, 5) is 12.2. The summed E-state index contributed by atoms with van der Waals surface area (Å²) < 4.78 is 24.7. The molecule has 0 amide bonds. The molecule has 0 aliphatic carbocycles. The average molecular weight is 517 g/mol. The maximum absolute atomic E-state index is 12.2. The van der Waals surface area contributed by atoms with Gasteiger partial charge < -0.3 is 23.1 Å². The maximum atomic E-state index is 12.2. The van der Waals surface area contributed by atoms with Crippen molar-refractivity contribution in [3.63, 3.8) is 0 Å². The number of carbonyl (C=O) groups is 1. The van der Waals surface area contributed by atoms with Crippen LogP contribution in [0.25, 0.3) is 0 Å². The summed E-state index contributed by atoms with van der Waals surface area (Å²) in [7, 11) is -3.48. The summed E-state index contributed by atoms with van der Waals surface area (Å²) >= 11 is 0. The summed E-state index contributed by atoms with van der Waals surface area (Å²) in [5, 5.41) is 2.16. The summed E-state index contributed by atoms with van der Waals surface area (Å²) in [5.41, 5.74) is 0. The molecule has 2 aromatic carbocycles. The fourth-order valence-corrected chi connectivity index (χ4v) is 9.98. The highest BCUT2D eigenvalue weighted by atomic mass is 28.4. The smallest absolute Gasteiger partial charge is 0.261 e. The summed E-state index contributed by atoms with van der Waals surface area (Å²) in [6, 6.07) is 21.0. The van der Waals surface area contributed by atoms with Gasteiger partial charge >= 0.3 is 0 Å². The monoisotopic (exact) mass is 516 g/mol. The minimum absolute atomic E-state index is 0.0139. The van der Waals surface area contributed by atoms with Gasteiger partial charge in [0.1, 0.15) is 19.0 Å². The number of hydrogen-bond donors (Lipinski definition) is 0. The zero-order chi connectivity index (χ0) is 26.3. The van der Waals surface area contributed by atoms with Crippen LogP contribution in [-0.2, 0) is 23.1 Å². The molecule has 0 radical (unpaired) electrons. The van der Waals surface area contributed by atoms with E-state index in [1.807, 2.05) is 12.1 Å². The van der Waals surface area contributed by atoms with Crippen LogP contribution in [0.5, 0.6) is 0 Å². The molecular weight excluding hydrogens is 472 g/mol. The van der Waals surface area contributed by atoms with E-state index in [-0.39, 0.29) is 23.5 Å². The predicted octanol–water partition coefficient (Wildman–Crippen LogP) is 5.14. The molecule has 0 bridgehead atoms. The molecule has 0 saturated heterocycles. The maximum Gasteiger partial charge on any atom is 0.261 e. The molecule has 0 aromatic heterocycles. The second kappa shape index (κ2) is 12.1. The van der Waals surface area contributed by atoms with Crippen LogP contribution < -0.4 is 10.4 Å². The third-order valence-corrected chi connectivity index (χ3v) is 16.5. The van der Waals surface area contributed by atoms with Crippen LogP contribution in [0.3, 0.4) is 0 Å². The molecule has 2 aromatic rings. The minimum Gasteiger partial charge on any atom is -0.409 e. The van der Waals surface area contributed by atoms with Crippen LogP contribution in [0.1, 0.15) is 41.5 Å². The van der Waals surface area contributed by atoms with Gasteiger partial charge in [-0.15, -0.1) is 0 Å². The van der Waals surface area contributed by atoms with Crippen molar-refractivity contribution in [2.75, 3.05) is 20.5 Å². The normalized spacial score (nSPS) is 15.0. The van der Waals surface area contributed by atoms with Crippen molar-refractivity contribution in [1.82, 2.24) is 0 Å². The summed E-state index contributed by atoms with van der Waals surface area (Å²) in [6.07, 6.45) is -0.529. The lowest BCUT2D eigenvalue weighted by molar-refractivity contribution is -0.141. The Kier molecular flexibility index (Phi) is 10.2. The first-order chi connectivity index (χ1) is 16.3. The molecule has 2 rings (SSSR count). The molecule has 0 unspecified atom stereocenters. The van der Waals surface area contributed by atoms with Crippen LogP contribution in [0.2, 0.25) is 23.2 Å². The van der Waals surface area contributed by atoms with Gasteiger partial charge in [0.15, 0.2) is 14.6 Å². The highest BCUT2D eigenvalue weighted by Crippen LogP contribution is 2.39. The lowest BCUT2D eigenvalue weighted by atomic mass is 10.2. The number of benzene rings is 2. The predicted molar refractivity (Wildman–Crippen MR) is 148 cm³/mol. The average Bonchev–Trinajstić information content (AvgIpc) is 2.79. The Balaban J connectivity index is 2.57. The molecule has 35 heavy (non-hydrogen) atoms. The van der Waals surface area contributed by atoms with Gasteiger partial charge in [-0.3, -0.25) is 0 Å². The van der Waals surface area contributed by atoms with E-state index in [1.54, 1.807) is 7.11 Å². The topological polar surface area (TPSA) is 54.0 Å². The van der Waals surface area contributed by atoms with Crippen LogP contribution in [-0.4, -0.2) is 55.6 Å². The van der Waals surface area contributed by atoms with Crippen molar-refractivity contribution in [2.24, 2.45) is 0 Å². The van der Waals surface area contributed by atoms with Crippen LogP contribution in [0.15, 0.2) is 60.7 Å². The van der Waals surface area contributed by atoms with E-state index < -0.39 is 28.8 Å². The van der Waals surface area contributed by atoms with Gasteiger partial charge in [-0.25, -0.2) is 0 Å². The van der Waals surface area contributed by atoms with Gasteiger partial charge in [0, 0.05) is 7.11 Å². The van der Waals surface area contributed by atoms with Crippen molar-refractivity contribution in [3.8, 4) is 0 Å². The Morgan fingerprint density at radius 3 is 1.69 bits per heavy atom. The van der Waals surface area contributed by atoms with Gasteiger partial charge in [-0.2, -0.15) is 0 Å². The molecule has 194 valence electrons. The van der Waals surface area contributed by atoms with E-state index in [0.717, 1.165) is 6.29 Å². The van der Waals surface area contributed by atoms with Crippen LogP contribution in [0.4, 0.5) is 0 Å². The van der Waals surface area contributed by atoms with E-state index >= 15 is 0 Å². The molecule has 0 saturated carbocycles. The molecule has 0 aliphatic rings. The van der Waals surface area contributed by atoms with Crippen molar-refractivity contribution in [2.45, 2.75) is 76.9 Å². The molecule has 2 atom stereocenters. The molecule has 0 fully saturated rings. The van der Waals surface area contributed by atoms with Crippen LogP contribution >= 0.6 is 0 Å². The van der Waals surface area contributed by atoms with E-state index in [4.69, 9.17) is 18.3 Å². The fourth-order valence-electron chi connectivity index (χ4n) is 4.10. The first-order valence-corrected chi connectivity index (χ1v) is 17.1. The van der Waals surface area contributed by atoms with Crippen molar-refractivity contribution >= 4 is 33.3 Å². The Morgan fingerprint density at radius 2 is 1.31 bits per heavy atom. The molecule has 7 heteroatoms. The molecule has 5 nitrogen and oxygen atoms in total. The fraction of sp³-hybridized carbons (Fsp3) is 0.536. The van der Waals surface area contributed by atoms with E-state index in [1.165, 1.54) is 10.4 Å². The molecule has 0 aliphatic heterocycles. The number of rotatable bonds is 12. The first-order valence-electron chi connectivity index (χ1n) is 12.3. The highest BCUT2D eigenvalue weighted by molar-refractivity contribution is 6.99. The molecular formula is C28H44O5Si2. The van der Waals surface area contributed by atoms with Crippen LogP contribution in [0, 0.1) is 0 Å². The second-order valence-electron chi connectivity index (χ2n) is 11.6. The first kappa shape index (κ1) is 29.6. The number of hydrogen-bond acceptors (Lipinski definition) is 5. The number of aldehydes is 1. The van der Waals surface area contributed by atoms with Crippen molar-refractivity contribution < 1.29 is 23.1 Å². The van der Waals surface area contributed by atoms with Gasteiger partial charge in [0.25, 0.3) is 8.32 Å². The molecule has 0 spiro atoms. The minimum atomic E-state index is -2.79. The third kappa shape index (κ3) is 6.99. The van der Waals surface area contributed by atoms with E-state index in [0.29, 0.717) is 0 Å². The highest BCUT2D eigenvalue weighted by Gasteiger charge is 2.51. The van der Waals surface area contributed by atoms with Gasteiger partial charge in [-0.1, -0.05) is 102 Å². The standard InChI is InChI=1S/C28H44O5Si2/c1-27(2,3)34(8,9)33-26(25(20-29)31-22-30-7)21-32-35(28(4,5)6,23-16-12-10-13-17-23)24-18-14-11-15-19-24/h10-20,25-26H,21-22H2,1-9H3/t25-,26+/m0/s1. The number of ether oxygens (including phenoxy) is 2. The largest absolute Gasteiger partial charge is 0.409 e. The third-order valence-electron chi connectivity index (χ3n) is 7.01. The molecule has 0 N–H and O–H groups in total. The Labute approximate surface area is 214 Å². The number of methoxy groups -OCH3 is 1. The lowest BCUT2D eigenvalue weighted by Gasteiger charge is -2.45. The van der Waals surface area contributed by atoms with E-state index in [2.05, 4.69) is 103 Å².